The van der Waals surface area contributed by atoms with Gasteiger partial charge in [-0.2, -0.15) is 0 Å². The molecule has 0 saturated carbocycles. The fourth-order valence-electron chi connectivity index (χ4n) is 1.79. The average Bonchev–Trinajstić information content (AvgIpc) is 2.48. The van der Waals surface area contributed by atoms with Gasteiger partial charge in [-0.3, -0.25) is 10.1 Å². The van der Waals surface area contributed by atoms with Crippen LogP contribution >= 0.6 is 0 Å². The Labute approximate surface area is 126 Å². The third-order valence-corrected chi connectivity index (χ3v) is 2.97. The first kappa shape index (κ1) is 17.2. The zero-order valence-electron chi connectivity index (χ0n) is 12.6. The van der Waals surface area contributed by atoms with Gasteiger partial charge in [0, 0.05) is 6.07 Å². The normalized spacial score (nSPS) is 10.8. The standard InChI is InChI=1S/C14H16N2O6/c1-8-5-6-11(16(19)20)9(2)13(8)15-10(14(18)22-4)7-12(17)21-3/h5-7,15H,1-4H3/b10-7+. The van der Waals surface area contributed by atoms with Crippen LogP contribution in [0, 0.1) is 24.0 Å². The van der Waals surface area contributed by atoms with Gasteiger partial charge in [0.15, 0.2) is 0 Å². The number of aryl methyl sites for hydroxylation is 1. The maximum absolute atomic E-state index is 11.7. The molecule has 0 unspecified atom stereocenters. The van der Waals surface area contributed by atoms with Gasteiger partial charge >= 0.3 is 11.9 Å². The van der Waals surface area contributed by atoms with E-state index in [-0.39, 0.29) is 11.4 Å². The molecule has 0 fully saturated rings. The van der Waals surface area contributed by atoms with Crippen molar-refractivity contribution in [3.8, 4) is 0 Å². The zero-order valence-corrected chi connectivity index (χ0v) is 12.6. The van der Waals surface area contributed by atoms with Crippen LogP contribution in [0.1, 0.15) is 11.1 Å². The first-order valence-corrected chi connectivity index (χ1v) is 6.21. The van der Waals surface area contributed by atoms with Gasteiger partial charge in [0.2, 0.25) is 0 Å². The van der Waals surface area contributed by atoms with Gasteiger partial charge in [-0.15, -0.1) is 0 Å². The number of nitrogens with one attached hydrogen (secondary N) is 1. The number of esters is 2. The Morgan fingerprint density at radius 1 is 1.23 bits per heavy atom. The molecule has 22 heavy (non-hydrogen) atoms. The Balaban J connectivity index is 3.32. The zero-order chi connectivity index (χ0) is 16.9. The van der Waals surface area contributed by atoms with Crippen molar-refractivity contribution in [3.63, 3.8) is 0 Å². The Bertz CT molecular complexity index is 651. The molecule has 8 heteroatoms. The molecule has 1 rings (SSSR count). The maximum Gasteiger partial charge on any atom is 0.354 e. The number of nitro benzene ring substituents is 1. The third kappa shape index (κ3) is 3.81. The third-order valence-electron chi connectivity index (χ3n) is 2.97. The Kier molecular flexibility index (Phi) is 5.62. The molecule has 0 atom stereocenters. The molecule has 0 saturated heterocycles. The monoisotopic (exact) mass is 308 g/mol. The molecule has 0 bridgehead atoms. The maximum atomic E-state index is 11.7. The highest BCUT2D eigenvalue weighted by molar-refractivity contribution is 5.99. The molecule has 0 radical (unpaired) electrons. The van der Waals surface area contributed by atoms with Crippen LogP contribution in [0.25, 0.3) is 0 Å². The molecule has 0 heterocycles. The minimum atomic E-state index is -0.796. The number of nitrogens with zero attached hydrogens (tertiary/aromatic N) is 1. The smallest absolute Gasteiger partial charge is 0.354 e. The number of carbonyl (C=O) groups excluding carboxylic acids is 2. The first-order chi connectivity index (χ1) is 10.3. The van der Waals surface area contributed by atoms with E-state index in [0.29, 0.717) is 16.8 Å². The SMILES string of the molecule is COC(=O)/C=C(/Nc1c(C)ccc([N+](=O)[O-])c1C)C(=O)OC. The fourth-order valence-corrected chi connectivity index (χ4v) is 1.79. The summed E-state index contributed by atoms with van der Waals surface area (Å²) in [6.45, 7) is 3.26. The quantitative estimate of drug-likeness (QED) is 0.383. The second-order valence-corrected chi connectivity index (χ2v) is 4.36. The lowest BCUT2D eigenvalue weighted by Crippen LogP contribution is -2.16. The average molecular weight is 308 g/mol. The van der Waals surface area contributed by atoms with Crippen LogP contribution in [-0.2, 0) is 19.1 Å². The van der Waals surface area contributed by atoms with Crippen LogP contribution in [0.5, 0.6) is 0 Å². The number of carbonyl (C=O) groups is 2. The van der Waals surface area contributed by atoms with Gasteiger partial charge < -0.3 is 14.8 Å². The summed E-state index contributed by atoms with van der Waals surface area (Å²) in [4.78, 5) is 33.5. The molecule has 0 aliphatic rings. The molecule has 1 aromatic rings. The summed E-state index contributed by atoms with van der Waals surface area (Å²) < 4.78 is 9.04. The Morgan fingerprint density at radius 3 is 2.36 bits per heavy atom. The largest absolute Gasteiger partial charge is 0.466 e. The van der Waals surface area contributed by atoms with Crippen molar-refractivity contribution >= 4 is 23.3 Å². The summed E-state index contributed by atoms with van der Waals surface area (Å²) in [7, 11) is 2.32. The molecular formula is C14H16N2O6. The number of rotatable bonds is 5. The molecule has 0 aliphatic heterocycles. The van der Waals surface area contributed by atoms with Gasteiger partial charge in [-0.1, -0.05) is 6.07 Å². The van der Waals surface area contributed by atoms with Crippen LogP contribution in [0.3, 0.4) is 0 Å². The van der Waals surface area contributed by atoms with E-state index in [1.54, 1.807) is 19.9 Å². The van der Waals surface area contributed by atoms with E-state index >= 15 is 0 Å². The first-order valence-electron chi connectivity index (χ1n) is 6.21. The molecule has 0 spiro atoms. The van der Waals surface area contributed by atoms with Crippen molar-refractivity contribution in [2.45, 2.75) is 13.8 Å². The van der Waals surface area contributed by atoms with Crippen molar-refractivity contribution in [3.05, 3.63) is 45.1 Å². The van der Waals surface area contributed by atoms with E-state index < -0.39 is 16.9 Å². The van der Waals surface area contributed by atoms with E-state index in [0.717, 1.165) is 20.3 Å². The molecule has 1 N–H and O–H groups in total. The van der Waals surface area contributed by atoms with Gasteiger partial charge in [-0.25, -0.2) is 9.59 Å². The summed E-state index contributed by atoms with van der Waals surface area (Å²) in [5, 5.41) is 13.7. The van der Waals surface area contributed by atoms with Crippen molar-refractivity contribution < 1.29 is 24.0 Å². The van der Waals surface area contributed by atoms with Crippen molar-refractivity contribution in [1.82, 2.24) is 0 Å². The Morgan fingerprint density at radius 2 is 1.86 bits per heavy atom. The number of hydrogen-bond acceptors (Lipinski definition) is 7. The number of hydrogen-bond donors (Lipinski definition) is 1. The molecule has 0 amide bonds. The fraction of sp³-hybridized carbons (Fsp3) is 0.286. The van der Waals surface area contributed by atoms with Crippen LogP contribution in [0.2, 0.25) is 0 Å². The summed E-state index contributed by atoms with van der Waals surface area (Å²) >= 11 is 0. The minimum Gasteiger partial charge on any atom is -0.466 e. The molecule has 0 aliphatic carbocycles. The second-order valence-electron chi connectivity index (χ2n) is 4.36. The van der Waals surface area contributed by atoms with Crippen molar-refractivity contribution in [2.24, 2.45) is 0 Å². The number of anilines is 1. The molecule has 8 nitrogen and oxygen atoms in total. The highest BCUT2D eigenvalue weighted by Gasteiger charge is 2.19. The molecular weight excluding hydrogens is 292 g/mol. The van der Waals surface area contributed by atoms with Gasteiger partial charge in [-0.05, 0) is 19.4 Å². The predicted molar refractivity (Wildman–Crippen MR) is 78.3 cm³/mol. The van der Waals surface area contributed by atoms with Crippen LogP contribution < -0.4 is 5.32 Å². The van der Waals surface area contributed by atoms with E-state index in [1.807, 2.05) is 0 Å². The molecule has 118 valence electrons. The van der Waals surface area contributed by atoms with Crippen LogP contribution in [-0.4, -0.2) is 31.1 Å². The summed E-state index contributed by atoms with van der Waals surface area (Å²) in [6, 6.07) is 2.91. The van der Waals surface area contributed by atoms with Crippen LogP contribution in [0.4, 0.5) is 11.4 Å². The van der Waals surface area contributed by atoms with E-state index in [9.17, 15) is 19.7 Å². The summed E-state index contributed by atoms with van der Waals surface area (Å²) in [6.07, 6.45) is 0.920. The summed E-state index contributed by atoms with van der Waals surface area (Å²) in [5.74, 6) is -1.55. The van der Waals surface area contributed by atoms with Crippen molar-refractivity contribution in [1.29, 1.82) is 0 Å². The van der Waals surface area contributed by atoms with Crippen molar-refractivity contribution in [2.75, 3.05) is 19.5 Å². The van der Waals surface area contributed by atoms with E-state index in [4.69, 9.17) is 0 Å². The Hall–Kier alpha value is -2.90. The topological polar surface area (TPSA) is 108 Å². The van der Waals surface area contributed by atoms with Gasteiger partial charge in [0.25, 0.3) is 5.69 Å². The lowest BCUT2D eigenvalue weighted by atomic mass is 10.1. The number of methoxy groups -OCH3 is 2. The lowest BCUT2D eigenvalue weighted by Gasteiger charge is -2.14. The second kappa shape index (κ2) is 7.21. The lowest BCUT2D eigenvalue weighted by molar-refractivity contribution is -0.385. The molecule has 0 aromatic heterocycles. The van der Waals surface area contributed by atoms with E-state index in [2.05, 4.69) is 14.8 Å². The van der Waals surface area contributed by atoms with Gasteiger partial charge in [0.05, 0.1) is 36.5 Å². The van der Waals surface area contributed by atoms with E-state index in [1.165, 1.54) is 6.07 Å². The van der Waals surface area contributed by atoms with Crippen LogP contribution in [0.15, 0.2) is 23.9 Å². The highest BCUT2D eigenvalue weighted by Crippen LogP contribution is 2.29. The molecule has 1 aromatic carbocycles. The predicted octanol–water partition coefficient (Wildman–Crippen LogP) is 1.85. The number of ether oxygens (including phenoxy) is 2. The van der Waals surface area contributed by atoms with Gasteiger partial charge in [0.1, 0.15) is 5.70 Å². The number of benzene rings is 1. The minimum absolute atomic E-state index is 0.101. The number of nitro groups is 1. The highest BCUT2D eigenvalue weighted by atomic mass is 16.6. The summed E-state index contributed by atoms with van der Waals surface area (Å²) in [5.41, 5.74) is 1.08.